The zero-order valence-electron chi connectivity index (χ0n) is 10.6. The number of ketones is 1. The van der Waals surface area contributed by atoms with Gasteiger partial charge in [0.25, 0.3) is 0 Å². The number of carbonyl (C=O) groups excluding carboxylic acids is 1. The first-order valence-corrected chi connectivity index (χ1v) is 5.85. The Morgan fingerprint density at radius 3 is 2.42 bits per heavy atom. The zero-order chi connectivity index (χ0) is 14.6. The maximum atomic E-state index is 13.3. The molecule has 0 fully saturated rings. The van der Waals surface area contributed by atoms with Gasteiger partial charge in [0, 0.05) is 24.6 Å². The van der Waals surface area contributed by atoms with Gasteiger partial charge in [0.1, 0.15) is 5.82 Å². The van der Waals surface area contributed by atoms with Crippen LogP contribution in [0.5, 0.6) is 0 Å². The van der Waals surface area contributed by atoms with Crippen molar-refractivity contribution in [2.75, 3.05) is 6.54 Å². The summed E-state index contributed by atoms with van der Waals surface area (Å²) < 4.78 is 50.3. The van der Waals surface area contributed by atoms with Gasteiger partial charge in [-0.3, -0.25) is 4.79 Å². The lowest BCUT2D eigenvalue weighted by atomic mass is 10.0. The maximum absolute atomic E-state index is 13.3. The van der Waals surface area contributed by atoms with E-state index in [9.17, 15) is 22.4 Å². The number of Topliss-reactive ketones (excluding diaryl/α,β-unsaturated/α-hetero) is 1. The first-order chi connectivity index (χ1) is 8.71. The highest BCUT2D eigenvalue weighted by Gasteiger charge is 2.34. The molecule has 6 heteroatoms. The number of halogens is 4. The SMILES string of the molecule is CC(C)NCCC(=O)c1ccc(C(F)(F)F)c(F)c1. The Kier molecular flexibility index (Phi) is 5.05. The van der Waals surface area contributed by atoms with Gasteiger partial charge in [-0.25, -0.2) is 4.39 Å². The molecule has 1 aromatic rings. The predicted octanol–water partition coefficient (Wildman–Crippen LogP) is 3.42. The van der Waals surface area contributed by atoms with Gasteiger partial charge < -0.3 is 5.32 Å². The molecule has 0 saturated carbocycles. The summed E-state index contributed by atoms with van der Waals surface area (Å²) in [5.41, 5.74) is -1.40. The van der Waals surface area contributed by atoms with Crippen molar-refractivity contribution in [3.05, 3.63) is 35.1 Å². The number of hydrogen-bond donors (Lipinski definition) is 1. The van der Waals surface area contributed by atoms with Crippen molar-refractivity contribution in [1.29, 1.82) is 0 Å². The van der Waals surface area contributed by atoms with Crippen molar-refractivity contribution in [2.45, 2.75) is 32.5 Å². The van der Waals surface area contributed by atoms with E-state index in [1.54, 1.807) is 0 Å². The van der Waals surface area contributed by atoms with E-state index in [4.69, 9.17) is 0 Å². The standard InChI is InChI=1S/C13H15F4NO/c1-8(2)18-6-5-12(19)9-3-4-10(11(14)7-9)13(15,16)17/h3-4,7-8,18H,5-6H2,1-2H3. The minimum Gasteiger partial charge on any atom is -0.314 e. The second-order valence-electron chi connectivity index (χ2n) is 4.47. The van der Waals surface area contributed by atoms with Gasteiger partial charge in [-0.1, -0.05) is 19.9 Å². The van der Waals surface area contributed by atoms with E-state index >= 15 is 0 Å². The molecule has 0 heterocycles. The van der Waals surface area contributed by atoms with E-state index in [-0.39, 0.29) is 23.8 Å². The summed E-state index contributed by atoms with van der Waals surface area (Å²) in [5.74, 6) is -1.81. The van der Waals surface area contributed by atoms with Crippen LogP contribution in [-0.2, 0) is 6.18 Å². The summed E-state index contributed by atoms with van der Waals surface area (Å²) in [4.78, 5) is 11.7. The van der Waals surface area contributed by atoms with Crippen LogP contribution in [0.3, 0.4) is 0 Å². The number of nitrogens with one attached hydrogen (secondary N) is 1. The third kappa shape index (κ3) is 4.63. The van der Waals surface area contributed by atoms with Crippen LogP contribution >= 0.6 is 0 Å². The molecule has 2 nitrogen and oxygen atoms in total. The minimum atomic E-state index is -4.75. The molecule has 106 valence electrons. The molecule has 0 atom stereocenters. The number of alkyl halides is 3. The summed E-state index contributed by atoms with van der Waals surface area (Å²) in [6.07, 6.45) is -4.63. The quantitative estimate of drug-likeness (QED) is 0.660. The summed E-state index contributed by atoms with van der Waals surface area (Å²) in [6.45, 7) is 4.21. The molecular weight excluding hydrogens is 262 g/mol. The number of hydrogen-bond acceptors (Lipinski definition) is 2. The van der Waals surface area contributed by atoms with E-state index in [2.05, 4.69) is 5.32 Å². The minimum absolute atomic E-state index is 0.0453. The van der Waals surface area contributed by atoms with Gasteiger partial charge in [-0.2, -0.15) is 13.2 Å². The average Bonchev–Trinajstić information content (AvgIpc) is 2.26. The lowest BCUT2D eigenvalue weighted by Crippen LogP contribution is -2.25. The lowest BCUT2D eigenvalue weighted by molar-refractivity contribution is -0.140. The summed E-state index contributed by atoms with van der Waals surface area (Å²) in [6, 6.07) is 2.44. The maximum Gasteiger partial charge on any atom is 0.419 e. The Morgan fingerprint density at radius 1 is 1.32 bits per heavy atom. The molecule has 0 saturated heterocycles. The fourth-order valence-corrected chi connectivity index (χ4v) is 1.54. The summed E-state index contributed by atoms with van der Waals surface area (Å²) in [5, 5.41) is 3.00. The van der Waals surface area contributed by atoms with Gasteiger partial charge in [-0.15, -0.1) is 0 Å². The van der Waals surface area contributed by atoms with Crippen LogP contribution in [-0.4, -0.2) is 18.4 Å². The Bertz CT molecular complexity index is 454. The molecule has 0 aliphatic rings. The molecule has 0 aliphatic carbocycles. The van der Waals surface area contributed by atoms with Crippen molar-refractivity contribution in [3.8, 4) is 0 Å². The van der Waals surface area contributed by atoms with Crippen molar-refractivity contribution >= 4 is 5.78 Å². The third-order valence-electron chi connectivity index (χ3n) is 2.50. The number of carbonyl (C=O) groups is 1. The predicted molar refractivity (Wildman–Crippen MR) is 63.5 cm³/mol. The lowest BCUT2D eigenvalue weighted by Gasteiger charge is -2.10. The molecule has 19 heavy (non-hydrogen) atoms. The highest BCUT2D eigenvalue weighted by atomic mass is 19.4. The first-order valence-electron chi connectivity index (χ1n) is 5.85. The smallest absolute Gasteiger partial charge is 0.314 e. The second kappa shape index (κ2) is 6.14. The molecule has 0 spiro atoms. The van der Waals surface area contributed by atoms with Crippen LogP contribution in [0.25, 0.3) is 0 Å². The highest BCUT2D eigenvalue weighted by molar-refractivity contribution is 5.96. The van der Waals surface area contributed by atoms with Crippen LogP contribution < -0.4 is 5.32 Å². The van der Waals surface area contributed by atoms with Crippen LogP contribution in [0.4, 0.5) is 17.6 Å². The molecule has 0 amide bonds. The highest BCUT2D eigenvalue weighted by Crippen LogP contribution is 2.31. The summed E-state index contributed by atoms with van der Waals surface area (Å²) in [7, 11) is 0. The Hall–Kier alpha value is -1.43. The topological polar surface area (TPSA) is 29.1 Å². The molecule has 0 unspecified atom stereocenters. The molecular formula is C13H15F4NO. The molecule has 0 bridgehead atoms. The zero-order valence-corrected chi connectivity index (χ0v) is 10.6. The van der Waals surface area contributed by atoms with E-state index in [0.29, 0.717) is 18.7 Å². The van der Waals surface area contributed by atoms with Crippen LogP contribution in [0.1, 0.15) is 36.2 Å². The molecule has 1 aromatic carbocycles. The van der Waals surface area contributed by atoms with Crippen molar-refractivity contribution in [1.82, 2.24) is 5.32 Å². The third-order valence-corrected chi connectivity index (χ3v) is 2.50. The van der Waals surface area contributed by atoms with E-state index < -0.39 is 17.6 Å². The van der Waals surface area contributed by atoms with E-state index in [1.165, 1.54) is 0 Å². The van der Waals surface area contributed by atoms with E-state index in [0.717, 1.165) is 6.07 Å². The van der Waals surface area contributed by atoms with Gasteiger partial charge in [0.15, 0.2) is 5.78 Å². The Morgan fingerprint density at radius 2 is 1.95 bits per heavy atom. The fraction of sp³-hybridized carbons (Fsp3) is 0.462. The largest absolute Gasteiger partial charge is 0.419 e. The number of rotatable bonds is 5. The van der Waals surface area contributed by atoms with Crippen molar-refractivity contribution in [3.63, 3.8) is 0 Å². The Labute approximate surface area is 108 Å². The van der Waals surface area contributed by atoms with Crippen LogP contribution in [0.2, 0.25) is 0 Å². The van der Waals surface area contributed by atoms with E-state index in [1.807, 2.05) is 13.8 Å². The first kappa shape index (κ1) is 15.6. The van der Waals surface area contributed by atoms with Gasteiger partial charge in [-0.05, 0) is 12.1 Å². The molecule has 0 aliphatic heterocycles. The summed E-state index contributed by atoms with van der Waals surface area (Å²) >= 11 is 0. The van der Waals surface area contributed by atoms with Gasteiger partial charge in [0.2, 0.25) is 0 Å². The normalized spacial score (nSPS) is 11.9. The molecule has 1 rings (SSSR count). The monoisotopic (exact) mass is 277 g/mol. The van der Waals surface area contributed by atoms with Crippen molar-refractivity contribution < 1.29 is 22.4 Å². The second-order valence-corrected chi connectivity index (χ2v) is 4.47. The molecule has 0 radical (unpaired) electrons. The molecule has 0 aromatic heterocycles. The Balaban J connectivity index is 2.75. The van der Waals surface area contributed by atoms with Crippen molar-refractivity contribution in [2.24, 2.45) is 0 Å². The average molecular weight is 277 g/mol. The number of benzene rings is 1. The van der Waals surface area contributed by atoms with Gasteiger partial charge >= 0.3 is 6.18 Å². The van der Waals surface area contributed by atoms with Crippen LogP contribution in [0, 0.1) is 5.82 Å². The molecule has 1 N–H and O–H groups in total. The fourth-order valence-electron chi connectivity index (χ4n) is 1.54. The van der Waals surface area contributed by atoms with Crippen LogP contribution in [0.15, 0.2) is 18.2 Å². The van der Waals surface area contributed by atoms with Gasteiger partial charge in [0.05, 0.1) is 5.56 Å².